The molecule has 5 nitrogen and oxygen atoms in total. The van der Waals surface area contributed by atoms with Crippen molar-refractivity contribution in [2.75, 3.05) is 33.3 Å². The predicted octanol–water partition coefficient (Wildman–Crippen LogP) is 4.49. The number of hydrogen-bond acceptors (Lipinski definition) is 4. The smallest absolute Gasteiger partial charge is 0.251 e. The van der Waals surface area contributed by atoms with Crippen molar-refractivity contribution < 1.29 is 9.53 Å². The highest BCUT2D eigenvalue weighted by Gasteiger charge is 2.24. The minimum atomic E-state index is -0.0187. The highest BCUT2D eigenvalue weighted by molar-refractivity contribution is 5.94. The van der Waals surface area contributed by atoms with Gasteiger partial charge in [-0.1, -0.05) is 31.2 Å². The normalized spacial score (nSPS) is 15.4. The van der Waals surface area contributed by atoms with Crippen LogP contribution in [0.25, 0.3) is 0 Å². The monoisotopic (exact) mass is 423 g/mol. The molecule has 0 radical (unpaired) electrons. The minimum Gasteiger partial charge on any atom is -0.497 e. The number of likely N-dealkylation sites (tertiary alicyclic amines) is 1. The molecule has 0 aliphatic carbocycles. The van der Waals surface area contributed by atoms with Crippen molar-refractivity contribution in [3.05, 3.63) is 65.2 Å². The summed E-state index contributed by atoms with van der Waals surface area (Å²) < 4.78 is 5.41. The number of carbonyl (C=O) groups is 1. The van der Waals surface area contributed by atoms with Crippen molar-refractivity contribution in [1.82, 2.24) is 15.1 Å². The molecule has 0 spiro atoms. The third-order valence-electron chi connectivity index (χ3n) is 6.25. The summed E-state index contributed by atoms with van der Waals surface area (Å²) in [7, 11) is 1.69. The van der Waals surface area contributed by atoms with Crippen molar-refractivity contribution in [2.24, 2.45) is 0 Å². The SMILES string of the molecule is CCN(Cc1ccc(C(=O)NCC(c2cccc(OC)c2)N2CCCC2)cc1)C(C)C. The standard InChI is InChI=1S/C26H37N3O2/c1-5-28(20(2)3)19-21-11-13-22(14-12-21)26(30)27-18-25(29-15-6-7-16-29)23-9-8-10-24(17-23)31-4/h8-14,17,20,25H,5-7,15-16,18-19H2,1-4H3,(H,27,30). The molecule has 0 bridgehead atoms. The first kappa shape index (κ1) is 23.3. The predicted molar refractivity (Wildman–Crippen MR) is 127 cm³/mol. The molecular formula is C26H37N3O2. The molecule has 1 aliphatic rings. The molecule has 1 unspecified atom stereocenters. The summed E-state index contributed by atoms with van der Waals surface area (Å²) in [6.07, 6.45) is 2.42. The van der Waals surface area contributed by atoms with E-state index in [9.17, 15) is 4.79 Å². The molecule has 1 fully saturated rings. The average molecular weight is 424 g/mol. The molecule has 3 rings (SSSR count). The second-order valence-electron chi connectivity index (χ2n) is 8.60. The van der Waals surface area contributed by atoms with E-state index in [1.165, 1.54) is 24.0 Å². The third-order valence-corrected chi connectivity index (χ3v) is 6.25. The van der Waals surface area contributed by atoms with Crippen LogP contribution >= 0.6 is 0 Å². The largest absolute Gasteiger partial charge is 0.497 e. The number of ether oxygens (including phenoxy) is 1. The van der Waals surface area contributed by atoms with Crippen LogP contribution in [0.15, 0.2) is 48.5 Å². The van der Waals surface area contributed by atoms with Gasteiger partial charge in [-0.2, -0.15) is 0 Å². The highest BCUT2D eigenvalue weighted by Crippen LogP contribution is 2.27. The molecule has 31 heavy (non-hydrogen) atoms. The molecule has 2 aromatic rings. The first-order valence-electron chi connectivity index (χ1n) is 11.5. The lowest BCUT2D eigenvalue weighted by molar-refractivity contribution is 0.0938. The summed E-state index contributed by atoms with van der Waals surface area (Å²) in [5, 5.41) is 3.17. The van der Waals surface area contributed by atoms with Gasteiger partial charge in [0.1, 0.15) is 5.75 Å². The highest BCUT2D eigenvalue weighted by atomic mass is 16.5. The van der Waals surface area contributed by atoms with Gasteiger partial charge in [0.05, 0.1) is 13.2 Å². The fourth-order valence-corrected chi connectivity index (χ4v) is 4.31. The Balaban J connectivity index is 1.65. The Morgan fingerprint density at radius 3 is 2.45 bits per heavy atom. The van der Waals surface area contributed by atoms with Crippen LogP contribution in [0, 0.1) is 0 Å². The van der Waals surface area contributed by atoms with Crippen LogP contribution in [-0.2, 0) is 6.54 Å². The van der Waals surface area contributed by atoms with Gasteiger partial charge in [-0.25, -0.2) is 0 Å². The molecule has 1 amide bonds. The average Bonchev–Trinajstić information content (AvgIpc) is 3.32. The van der Waals surface area contributed by atoms with E-state index in [0.717, 1.165) is 31.9 Å². The zero-order chi connectivity index (χ0) is 22.2. The van der Waals surface area contributed by atoms with Gasteiger partial charge in [-0.05, 0) is 81.7 Å². The van der Waals surface area contributed by atoms with Gasteiger partial charge in [0.2, 0.25) is 0 Å². The second-order valence-corrected chi connectivity index (χ2v) is 8.60. The van der Waals surface area contributed by atoms with Crippen LogP contribution in [-0.4, -0.2) is 55.0 Å². The molecule has 1 saturated heterocycles. The van der Waals surface area contributed by atoms with Gasteiger partial charge in [0.15, 0.2) is 0 Å². The Morgan fingerprint density at radius 1 is 1.13 bits per heavy atom. The van der Waals surface area contributed by atoms with E-state index < -0.39 is 0 Å². The topological polar surface area (TPSA) is 44.8 Å². The van der Waals surface area contributed by atoms with Gasteiger partial charge >= 0.3 is 0 Å². The van der Waals surface area contributed by atoms with Crippen molar-refractivity contribution in [2.45, 2.75) is 52.2 Å². The summed E-state index contributed by atoms with van der Waals surface area (Å²) in [4.78, 5) is 17.7. The fraction of sp³-hybridized carbons (Fsp3) is 0.500. The third kappa shape index (κ3) is 6.31. The maximum atomic E-state index is 12.9. The van der Waals surface area contributed by atoms with Gasteiger partial charge in [0.25, 0.3) is 5.91 Å². The molecule has 2 aromatic carbocycles. The number of amides is 1. The number of hydrogen-bond donors (Lipinski definition) is 1. The molecule has 1 atom stereocenters. The molecular weight excluding hydrogens is 386 g/mol. The zero-order valence-electron chi connectivity index (χ0n) is 19.4. The summed E-state index contributed by atoms with van der Waals surface area (Å²) in [5.41, 5.74) is 3.13. The maximum absolute atomic E-state index is 12.9. The first-order valence-corrected chi connectivity index (χ1v) is 11.5. The van der Waals surface area contributed by atoms with Gasteiger partial charge in [0, 0.05) is 24.7 Å². The van der Waals surface area contributed by atoms with Crippen LogP contribution in [0.5, 0.6) is 5.75 Å². The zero-order valence-corrected chi connectivity index (χ0v) is 19.4. The quantitative estimate of drug-likeness (QED) is 0.611. The number of carbonyl (C=O) groups excluding carboxylic acids is 1. The Hall–Kier alpha value is -2.37. The molecule has 0 aromatic heterocycles. The van der Waals surface area contributed by atoms with Crippen LogP contribution in [0.2, 0.25) is 0 Å². The summed E-state index contributed by atoms with van der Waals surface area (Å²) in [6, 6.07) is 16.9. The Labute approximate surface area is 187 Å². The Morgan fingerprint density at radius 2 is 1.84 bits per heavy atom. The fourth-order valence-electron chi connectivity index (χ4n) is 4.31. The van der Waals surface area contributed by atoms with E-state index >= 15 is 0 Å². The second kappa shape index (κ2) is 11.3. The molecule has 168 valence electrons. The Kier molecular flexibility index (Phi) is 8.50. The van der Waals surface area contributed by atoms with Crippen molar-refractivity contribution in [3.63, 3.8) is 0 Å². The minimum absolute atomic E-state index is 0.0187. The first-order chi connectivity index (χ1) is 15.0. The molecule has 0 saturated carbocycles. The number of rotatable bonds is 10. The van der Waals surface area contributed by atoms with Crippen molar-refractivity contribution >= 4 is 5.91 Å². The lowest BCUT2D eigenvalue weighted by Crippen LogP contribution is -2.36. The van der Waals surface area contributed by atoms with Crippen LogP contribution in [0.3, 0.4) is 0 Å². The Bertz CT molecular complexity index is 829. The van der Waals surface area contributed by atoms with E-state index in [1.54, 1.807) is 7.11 Å². The van der Waals surface area contributed by atoms with E-state index in [1.807, 2.05) is 24.3 Å². The maximum Gasteiger partial charge on any atom is 0.251 e. The van der Waals surface area contributed by atoms with Gasteiger partial charge < -0.3 is 10.1 Å². The molecule has 1 aliphatic heterocycles. The molecule has 1 N–H and O–H groups in total. The molecule has 5 heteroatoms. The van der Waals surface area contributed by atoms with Gasteiger partial charge in [-0.3, -0.25) is 14.6 Å². The van der Waals surface area contributed by atoms with Crippen molar-refractivity contribution in [3.8, 4) is 5.75 Å². The van der Waals surface area contributed by atoms with Crippen LogP contribution < -0.4 is 10.1 Å². The van der Waals surface area contributed by atoms with E-state index in [4.69, 9.17) is 4.74 Å². The summed E-state index contributed by atoms with van der Waals surface area (Å²) >= 11 is 0. The summed E-state index contributed by atoms with van der Waals surface area (Å²) in [6.45, 7) is 11.2. The number of nitrogens with zero attached hydrogens (tertiary/aromatic N) is 2. The lowest BCUT2D eigenvalue weighted by atomic mass is 10.0. The number of methoxy groups -OCH3 is 1. The lowest BCUT2D eigenvalue weighted by Gasteiger charge is -2.28. The van der Waals surface area contributed by atoms with E-state index in [-0.39, 0.29) is 11.9 Å². The number of benzene rings is 2. The summed E-state index contributed by atoms with van der Waals surface area (Å²) in [5.74, 6) is 0.834. The van der Waals surface area contributed by atoms with Crippen LogP contribution in [0.1, 0.15) is 61.1 Å². The van der Waals surface area contributed by atoms with Crippen molar-refractivity contribution in [1.29, 1.82) is 0 Å². The van der Waals surface area contributed by atoms with Crippen LogP contribution in [0.4, 0.5) is 0 Å². The van der Waals surface area contributed by atoms with Gasteiger partial charge in [-0.15, -0.1) is 0 Å². The molecule has 1 heterocycles. The number of nitrogens with one attached hydrogen (secondary N) is 1. The van der Waals surface area contributed by atoms with E-state index in [2.05, 4.69) is 60.2 Å². The van der Waals surface area contributed by atoms with E-state index in [0.29, 0.717) is 18.2 Å².